The monoisotopic (exact) mass is 478 g/mol. The van der Waals surface area contributed by atoms with Gasteiger partial charge in [0.15, 0.2) is 16.3 Å². The SMILES string of the molecule is Cn1cnc2c1c(=O)n(CC(=O)Nc1ncc(Cc3ccc(Cl)cc3Cl)s1)c(=O)n2C. The van der Waals surface area contributed by atoms with Gasteiger partial charge in [0, 0.05) is 41.6 Å². The number of carbonyl (C=O) groups excluding carboxylic acids is 1. The molecule has 3 aromatic heterocycles. The standard InChI is InChI=1S/C19H16Cl2N6O3S/c1-25-9-23-16-15(25)17(29)27(19(30)26(16)2)8-14(28)24-18-22-7-12(31-18)5-10-3-4-11(20)6-13(10)21/h3-4,6-7,9H,5,8H2,1-2H3,(H,22,24,28). The minimum atomic E-state index is -0.622. The summed E-state index contributed by atoms with van der Waals surface area (Å²) in [5.74, 6) is -0.536. The van der Waals surface area contributed by atoms with Gasteiger partial charge in [-0.05, 0) is 17.7 Å². The number of nitrogens with one attached hydrogen (secondary N) is 1. The number of halogens is 2. The van der Waals surface area contributed by atoms with E-state index in [1.165, 1.54) is 33.8 Å². The fourth-order valence-corrected chi connectivity index (χ4v) is 4.46. The molecular formula is C19H16Cl2N6O3S. The van der Waals surface area contributed by atoms with Crippen LogP contribution in [0.3, 0.4) is 0 Å². The van der Waals surface area contributed by atoms with E-state index in [4.69, 9.17) is 23.2 Å². The van der Waals surface area contributed by atoms with Gasteiger partial charge in [0.2, 0.25) is 5.91 Å². The van der Waals surface area contributed by atoms with Crippen LogP contribution in [0.15, 0.2) is 40.3 Å². The summed E-state index contributed by atoms with van der Waals surface area (Å²) in [6.07, 6.45) is 3.61. The highest BCUT2D eigenvalue weighted by atomic mass is 35.5. The second kappa shape index (κ2) is 8.29. The molecule has 0 saturated carbocycles. The van der Waals surface area contributed by atoms with Gasteiger partial charge in [-0.3, -0.25) is 14.2 Å². The lowest BCUT2D eigenvalue weighted by atomic mass is 10.1. The quantitative estimate of drug-likeness (QED) is 0.474. The molecule has 0 fully saturated rings. The number of hydrogen-bond acceptors (Lipinski definition) is 6. The van der Waals surface area contributed by atoms with Crippen LogP contribution < -0.4 is 16.6 Å². The van der Waals surface area contributed by atoms with Crippen LogP contribution in [0.2, 0.25) is 10.0 Å². The third-order valence-electron chi connectivity index (χ3n) is 4.68. The van der Waals surface area contributed by atoms with Crippen molar-refractivity contribution in [1.82, 2.24) is 23.7 Å². The Bertz CT molecular complexity index is 1430. The number of benzene rings is 1. The summed E-state index contributed by atoms with van der Waals surface area (Å²) in [4.78, 5) is 46.9. The summed E-state index contributed by atoms with van der Waals surface area (Å²) in [5, 5.41) is 4.09. The lowest BCUT2D eigenvalue weighted by Crippen LogP contribution is -2.42. The minimum Gasteiger partial charge on any atom is -0.328 e. The molecule has 0 aliphatic carbocycles. The van der Waals surface area contributed by atoms with Crippen molar-refractivity contribution < 1.29 is 4.79 Å². The largest absolute Gasteiger partial charge is 0.332 e. The van der Waals surface area contributed by atoms with Gasteiger partial charge >= 0.3 is 5.69 Å². The Morgan fingerprint density at radius 2 is 1.97 bits per heavy atom. The van der Waals surface area contributed by atoms with Crippen molar-refractivity contribution in [3.63, 3.8) is 0 Å². The lowest BCUT2D eigenvalue weighted by Gasteiger charge is -2.08. The molecule has 0 atom stereocenters. The van der Waals surface area contributed by atoms with Crippen molar-refractivity contribution in [2.24, 2.45) is 14.1 Å². The molecular weight excluding hydrogens is 463 g/mol. The number of aryl methyl sites for hydroxylation is 2. The number of imidazole rings is 1. The van der Waals surface area contributed by atoms with Gasteiger partial charge in [-0.2, -0.15) is 0 Å². The molecule has 0 unspecified atom stereocenters. The Balaban J connectivity index is 1.52. The molecule has 4 rings (SSSR count). The molecule has 0 aliphatic heterocycles. The van der Waals surface area contributed by atoms with Crippen molar-refractivity contribution in [1.29, 1.82) is 0 Å². The van der Waals surface area contributed by atoms with Gasteiger partial charge in [-0.25, -0.2) is 19.3 Å². The van der Waals surface area contributed by atoms with Crippen molar-refractivity contribution in [2.75, 3.05) is 5.32 Å². The van der Waals surface area contributed by atoms with E-state index >= 15 is 0 Å². The first-order valence-electron chi connectivity index (χ1n) is 9.04. The van der Waals surface area contributed by atoms with E-state index in [1.807, 2.05) is 6.07 Å². The van der Waals surface area contributed by atoms with Crippen molar-refractivity contribution in [3.05, 3.63) is 72.0 Å². The van der Waals surface area contributed by atoms with Crippen LogP contribution in [-0.4, -0.2) is 29.6 Å². The van der Waals surface area contributed by atoms with Gasteiger partial charge in [-0.1, -0.05) is 29.3 Å². The summed E-state index contributed by atoms with van der Waals surface area (Å²) in [6, 6.07) is 5.25. The Labute approximate surface area is 189 Å². The maximum absolute atomic E-state index is 12.7. The van der Waals surface area contributed by atoms with Gasteiger partial charge in [0.05, 0.1) is 6.33 Å². The van der Waals surface area contributed by atoms with Crippen molar-refractivity contribution in [3.8, 4) is 0 Å². The number of aromatic nitrogens is 5. The number of hydrogen-bond donors (Lipinski definition) is 1. The van der Waals surface area contributed by atoms with Crippen LogP contribution in [0, 0.1) is 0 Å². The molecule has 0 radical (unpaired) electrons. The molecule has 1 N–H and O–H groups in total. The fourth-order valence-electron chi connectivity index (χ4n) is 3.14. The maximum Gasteiger partial charge on any atom is 0.332 e. The smallest absolute Gasteiger partial charge is 0.328 e. The van der Waals surface area contributed by atoms with Crippen LogP contribution in [0.25, 0.3) is 11.2 Å². The number of thiazole rings is 1. The molecule has 31 heavy (non-hydrogen) atoms. The van der Waals surface area contributed by atoms with Gasteiger partial charge in [-0.15, -0.1) is 11.3 Å². The number of amides is 1. The topological polar surface area (TPSA) is 104 Å². The summed E-state index contributed by atoms with van der Waals surface area (Å²) in [6.45, 7) is -0.440. The number of anilines is 1. The highest BCUT2D eigenvalue weighted by molar-refractivity contribution is 7.15. The first kappa shape index (κ1) is 21.3. The summed E-state index contributed by atoms with van der Waals surface area (Å²) in [7, 11) is 3.15. The summed E-state index contributed by atoms with van der Waals surface area (Å²) >= 11 is 13.4. The van der Waals surface area contributed by atoms with E-state index in [9.17, 15) is 14.4 Å². The third-order valence-corrected chi connectivity index (χ3v) is 6.18. The second-order valence-corrected chi connectivity index (χ2v) is 8.81. The molecule has 1 aromatic carbocycles. The molecule has 12 heteroatoms. The van der Waals surface area contributed by atoms with E-state index in [2.05, 4.69) is 15.3 Å². The zero-order valence-electron chi connectivity index (χ0n) is 16.4. The first-order valence-corrected chi connectivity index (χ1v) is 10.6. The van der Waals surface area contributed by atoms with Gasteiger partial charge < -0.3 is 9.88 Å². The van der Waals surface area contributed by atoms with E-state index in [-0.39, 0.29) is 11.2 Å². The highest BCUT2D eigenvalue weighted by Crippen LogP contribution is 2.26. The number of fused-ring (bicyclic) bond motifs is 1. The zero-order valence-corrected chi connectivity index (χ0v) is 18.8. The average Bonchev–Trinajstić information content (AvgIpc) is 3.32. The number of nitrogens with zero attached hydrogens (tertiary/aromatic N) is 5. The predicted molar refractivity (Wildman–Crippen MR) is 120 cm³/mol. The molecule has 3 heterocycles. The Morgan fingerprint density at radius 3 is 2.71 bits per heavy atom. The highest BCUT2D eigenvalue weighted by Gasteiger charge is 2.17. The molecule has 0 saturated heterocycles. The van der Waals surface area contributed by atoms with Crippen LogP contribution >= 0.6 is 34.5 Å². The minimum absolute atomic E-state index is 0.242. The lowest BCUT2D eigenvalue weighted by molar-refractivity contribution is -0.116. The summed E-state index contributed by atoms with van der Waals surface area (Å²) < 4.78 is 3.63. The Morgan fingerprint density at radius 1 is 1.19 bits per heavy atom. The first-order chi connectivity index (χ1) is 14.7. The fraction of sp³-hybridized carbons (Fsp3) is 0.211. The second-order valence-electron chi connectivity index (χ2n) is 6.85. The van der Waals surface area contributed by atoms with Crippen LogP contribution in [0.5, 0.6) is 0 Å². The average molecular weight is 479 g/mol. The molecule has 9 nitrogen and oxygen atoms in total. The molecule has 0 aliphatic rings. The predicted octanol–water partition coefficient (Wildman–Crippen LogP) is 2.43. The molecule has 1 amide bonds. The molecule has 0 bridgehead atoms. The van der Waals surface area contributed by atoms with Crippen LogP contribution in [-0.2, 0) is 31.9 Å². The van der Waals surface area contributed by atoms with Crippen LogP contribution in [0.4, 0.5) is 5.13 Å². The van der Waals surface area contributed by atoms with Crippen LogP contribution in [0.1, 0.15) is 10.4 Å². The normalized spacial score (nSPS) is 11.2. The zero-order chi connectivity index (χ0) is 22.3. The molecule has 160 valence electrons. The Hall–Kier alpha value is -2.95. The Kier molecular flexibility index (Phi) is 5.69. The van der Waals surface area contributed by atoms with E-state index in [1.54, 1.807) is 25.4 Å². The van der Waals surface area contributed by atoms with Crippen molar-refractivity contribution >= 4 is 56.7 Å². The van der Waals surface area contributed by atoms with E-state index < -0.39 is 23.7 Å². The van der Waals surface area contributed by atoms with E-state index in [0.29, 0.717) is 21.6 Å². The van der Waals surface area contributed by atoms with Gasteiger partial charge in [0.25, 0.3) is 5.56 Å². The third kappa shape index (κ3) is 4.14. The van der Waals surface area contributed by atoms with Crippen molar-refractivity contribution in [2.45, 2.75) is 13.0 Å². The summed E-state index contributed by atoms with van der Waals surface area (Å²) in [5.41, 5.74) is 0.187. The molecule has 4 aromatic rings. The molecule has 0 spiro atoms. The number of rotatable bonds is 5. The number of carbonyl (C=O) groups is 1. The maximum atomic E-state index is 12.7. The van der Waals surface area contributed by atoms with Gasteiger partial charge in [0.1, 0.15) is 6.54 Å². The van der Waals surface area contributed by atoms with E-state index in [0.717, 1.165) is 15.0 Å².